The summed E-state index contributed by atoms with van der Waals surface area (Å²) in [5.74, 6) is 0.352. The zero-order valence-electron chi connectivity index (χ0n) is 13.4. The molecule has 23 heavy (non-hydrogen) atoms. The molecule has 0 aliphatic carbocycles. The second kappa shape index (κ2) is 7.10. The Bertz CT molecular complexity index is 831. The second-order valence-electron chi connectivity index (χ2n) is 5.71. The van der Waals surface area contributed by atoms with Gasteiger partial charge in [-0.15, -0.1) is 0 Å². The van der Waals surface area contributed by atoms with Crippen molar-refractivity contribution < 1.29 is 5.11 Å². The Balaban J connectivity index is 1.93. The third-order valence-electron chi connectivity index (χ3n) is 4.06. The van der Waals surface area contributed by atoms with Crippen LogP contribution in [0.25, 0.3) is 10.8 Å². The molecule has 0 saturated heterocycles. The SMILES string of the molecule is CCCCc1cccc(C=Nc2cccc3ccccc23)c1O. The van der Waals surface area contributed by atoms with Gasteiger partial charge in [-0.1, -0.05) is 61.9 Å². The van der Waals surface area contributed by atoms with Crippen LogP contribution in [0.4, 0.5) is 5.69 Å². The van der Waals surface area contributed by atoms with Crippen LogP contribution in [-0.4, -0.2) is 11.3 Å². The number of hydrogen-bond donors (Lipinski definition) is 1. The molecule has 0 saturated carbocycles. The van der Waals surface area contributed by atoms with E-state index < -0.39 is 0 Å². The van der Waals surface area contributed by atoms with Gasteiger partial charge in [0.25, 0.3) is 0 Å². The molecule has 3 aromatic rings. The van der Waals surface area contributed by atoms with Gasteiger partial charge in [-0.25, -0.2) is 0 Å². The molecule has 0 bridgehead atoms. The third kappa shape index (κ3) is 3.42. The zero-order chi connectivity index (χ0) is 16.1. The summed E-state index contributed by atoms with van der Waals surface area (Å²) < 4.78 is 0. The summed E-state index contributed by atoms with van der Waals surface area (Å²) in [7, 11) is 0. The second-order valence-corrected chi connectivity index (χ2v) is 5.71. The van der Waals surface area contributed by atoms with Crippen LogP contribution in [0.2, 0.25) is 0 Å². The molecule has 0 fully saturated rings. The highest BCUT2D eigenvalue weighted by molar-refractivity contribution is 5.95. The Labute approximate surface area is 137 Å². The number of benzene rings is 3. The summed E-state index contributed by atoms with van der Waals surface area (Å²) in [4.78, 5) is 4.60. The molecule has 3 rings (SSSR count). The van der Waals surface area contributed by atoms with Crippen molar-refractivity contribution in [3.05, 3.63) is 71.8 Å². The first kappa shape index (κ1) is 15.3. The average molecular weight is 303 g/mol. The fourth-order valence-electron chi connectivity index (χ4n) is 2.74. The van der Waals surface area contributed by atoms with Crippen molar-refractivity contribution in [1.82, 2.24) is 0 Å². The van der Waals surface area contributed by atoms with Gasteiger partial charge >= 0.3 is 0 Å². The lowest BCUT2D eigenvalue weighted by atomic mass is 10.0. The predicted octanol–water partition coefficient (Wildman–Crippen LogP) is 5.64. The van der Waals surface area contributed by atoms with Gasteiger partial charge in [-0.05, 0) is 35.9 Å². The van der Waals surface area contributed by atoms with E-state index in [-0.39, 0.29) is 0 Å². The van der Waals surface area contributed by atoms with Crippen LogP contribution in [0.5, 0.6) is 5.75 Å². The summed E-state index contributed by atoms with van der Waals surface area (Å²) in [6.07, 6.45) is 4.86. The van der Waals surface area contributed by atoms with Crippen molar-refractivity contribution in [3.63, 3.8) is 0 Å². The molecule has 0 atom stereocenters. The number of fused-ring (bicyclic) bond motifs is 1. The normalized spacial score (nSPS) is 11.3. The molecule has 0 aliphatic heterocycles. The first-order valence-electron chi connectivity index (χ1n) is 8.12. The number of rotatable bonds is 5. The maximum Gasteiger partial charge on any atom is 0.127 e. The van der Waals surface area contributed by atoms with Gasteiger partial charge in [0.2, 0.25) is 0 Å². The van der Waals surface area contributed by atoms with Crippen LogP contribution >= 0.6 is 0 Å². The van der Waals surface area contributed by atoms with Gasteiger partial charge in [0.15, 0.2) is 0 Å². The molecule has 0 amide bonds. The van der Waals surface area contributed by atoms with Crippen molar-refractivity contribution in [2.75, 3.05) is 0 Å². The van der Waals surface area contributed by atoms with Crippen LogP contribution in [0.1, 0.15) is 30.9 Å². The van der Waals surface area contributed by atoms with Crippen LogP contribution in [-0.2, 0) is 6.42 Å². The van der Waals surface area contributed by atoms with Crippen molar-refractivity contribution >= 4 is 22.7 Å². The lowest BCUT2D eigenvalue weighted by Gasteiger charge is -2.06. The first-order chi connectivity index (χ1) is 11.3. The maximum atomic E-state index is 10.4. The average Bonchev–Trinajstić information content (AvgIpc) is 2.60. The lowest BCUT2D eigenvalue weighted by molar-refractivity contribution is 0.466. The van der Waals surface area contributed by atoms with Crippen molar-refractivity contribution in [2.45, 2.75) is 26.2 Å². The minimum absolute atomic E-state index is 0.352. The van der Waals surface area contributed by atoms with Crippen LogP contribution in [0.3, 0.4) is 0 Å². The zero-order valence-corrected chi connectivity index (χ0v) is 13.4. The first-order valence-corrected chi connectivity index (χ1v) is 8.12. The standard InChI is InChI=1S/C21H21NO/c1-2-3-8-17-11-6-12-18(21(17)23)15-22-20-14-7-10-16-9-4-5-13-19(16)20/h4-7,9-15,23H,2-3,8H2,1H3. The molecule has 0 radical (unpaired) electrons. The lowest BCUT2D eigenvalue weighted by Crippen LogP contribution is -1.90. The number of para-hydroxylation sites is 1. The Morgan fingerprint density at radius 1 is 0.957 bits per heavy atom. The minimum atomic E-state index is 0.352. The molecule has 1 N–H and O–H groups in total. The number of aliphatic imine (C=N–C) groups is 1. The highest BCUT2D eigenvalue weighted by atomic mass is 16.3. The van der Waals surface area contributed by atoms with Crippen LogP contribution < -0.4 is 0 Å². The van der Waals surface area contributed by atoms with Gasteiger partial charge in [0.05, 0.1) is 5.69 Å². The molecule has 0 aromatic heterocycles. The number of aryl methyl sites for hydroxylation is 1. The summed E-state index contributed by atoms with van der Waals surface area (Å²) in [5.41, 5.74) is 2.68. The molecule has 0 unspecified atom stereocenters. The molecule has 0 spiro atoms. The predicted molar refractivity (Wildman–Crippen MR) is 97.9 cm³/mol. The molecular formula is C21H21NO. The summed E-state index contributed by atoms with van der Waals surface area (Å²) in [6.45, 7) is 2.16. The third-order valence-corrected chi connectivity index (χ3v) is 4.06. The smallest absolute Gasteiger partial charge is 0.127 e. The van der Waals surface area contributed by atoms with E-state index >= 15 is 0 Å². The Morgan fingerprint density at radius 2 is 1.74 bits per heavy atom. The number of unbranched alkanes of at least 4 members (excludes halogenated alkanes) is 1. The Morgan fingerprint density at radius 3 is 2.61 bits per heavy atom. The van der Waals surface area contributed by atoms with Gasteiger partial charge in [-0.3, -0.25) is 4.99 Å². The van der Waals surface area contributed by atoms with Crippen molar-refractivity contribution in [3.8, 4) is 5.75 Å². The molecule has 3 aromatic carbocycles. The fourth-order valence-corrected chi connectivity index (χ4v) is 2.74. The molecular weight excluding hydrogens is 282 g/mol. The molecule has 0 aliphatic rings. The van der Waals surface area contributed by atoms with Crippen LogP contribution in [0, 0.1) is 0 Å². The van der Waals surface area contributed by atoms with E-state index in [4.69, 9.17) is 0 Å². The van der Waals surface area contributed by atoms with E-state index in [1.165, 1.54) is 5.39 Å². The Kier molecular flexibility index (Phi) is 4.72. The van der Waals surface area contributed by atoms with E-state index in [9.17, 15) is 5.11 Å². The number of nitrogens with zero attached hydrogens (tertiary/aromatic N) is 1. The summed E-state index contributed by atoms with van der Waals surface area (Å²) in [6, 6.07) is 20.1. The van der Waals surface area contributed by atoms with Gasteiger partial charge in [0.1, 0.15) is 5.75 Å². The molecule has 2 nitrogen and oxygen atoms in total. The summed E-state index contributed by atoms with van der Waals surface area (Å²) in [5, 5.41) is 12.7. The molecule has 116 valence electrons. The van der Waals surface area contributed by atoms with E-state index in [1.807, 2.05) is 42.5 Å². The largest absolute Gasteiger partial charge is 0.507 e. The molecule has 2 heteroatoms. The highest BCUT2D eigenvalue weighted by Gasteiger charge is 2.05. The maximum absolute atomic E-state index is 10.4. The van der Waals surface area contributed by atoms with Crippen LogP contribution in [0.15, 0.2) is 65.7 Å². The number of phenols is 1. The van der Waals surface area contributed by atoms with Gasteiger partial charge in [-0.2, -0.15) is 0 Å². The van der Waals surface area contributed by atoms with Crippen molar-refractivity contribution in [2.24, 2.45) is 4.99 Å². The van der Waals surface area contributed by atoms with E-state index in [0.717, 1.165) is 41.5 Å². The van der Waals surface area contributed by atoms with E-state index in [1.54, 1.807) is 6.21 Å². The topological polar surface area (TPSA) is 32.6 Å². The van der Waals surface area contributed by atoms with Crippen molar-refractivity contribution in [1.29, 1.82) is 0 Å². The Hall–Kier alpha value is -2.61. The van der Waals surface area contributed by atoms with E-state index in [0.29, 0.717) is 5.75 Å². The van der Waals surface area contributed by atoms with Gasteiger partial charge < -0.3 is 5.11 Å². The van der Waals surface area contributed by atoms with Gasteiger partial charge in [0, 0.05) is 17.2 Å². The number of hydrogen-bond acceptors (Lipinski definition) is 2. The summed E-state index contributed by atoms with van der Waals surface area (Å²) >= 11 is 0. The number of phenolic OH excluding ortho intramolecular Hbond substituents is 1. The minimum Gasteiger partial charge on any atom is -0.507 e. The number of aromatic hydroxyl groups is 1. The van der Waals surface area contributed by atoms with E-state index in [2.05, 4.69) is 30.1 Å². The quantitative estimate of drug-likeness (QED) is 0.608. The fraction of sp³-hybridized carbons (Fsp3) is 0.190. The molecule has 0 heterocycles. The monoisotopic (exact) mass is 303 g/mol. The highest BCUT2D eigenvalue weighted by Crippen LogP contribution is 2.27.